The number of hydrogen-bond acceptors (Lipinski definition) is 1. The van der Waals surface area contributed by atoms with Crippen molar-refractivity contribution in [1.29, 1.82) is 0 Å². The van der Waals surface area contributed by atoms with Crippen LogP contribution >= 0.6 is 39.1 Å². The highest BCUT2D eigenvalue weighted by Crippen LogP contribution is 2.60. The molecule has 2 nitrogen and oxygen atoms in total. The van der Waals surface area contributed by atoms with Crippen molar-refractivity contribution in [3.05, 3.63) is 38.8 Å². The lowest BCUT2D eigenvalue weighted by Crippen LogP contribution is -2.17. The van der Waals surface area contributed by atoms with E-state index in [1.165, 1.54) is 0 Å². The van der Waals surface area contributed by atoms with Crippen molar-refractivity contribution in [2.45, 2.75) is 20.8 Å². The van der Waals surface area contributed by atoms with Gasteiger partial charge in [-0.05, 0) is 48.1 Å². The van der Waals surface area contributed by atoms with E-state index in [1.807, 2.05) is 39.0 Å². The Morgan fingerprint density at radius 2 is 2.05 bits per heavy atom. The number of nitrogens with one attached hydrogen (secondary N) is 1. The molecule has 1 amide bonds. The van der Waals surface area contributed by atoms with E-state index in [9.17, 15) is 4.79 Å². The summed E-state index contributed by atoms with van der Waals surface area (Å²) < 4.78 is 1.22. The van der Waals surface area contributed by atoms with Crippen molar-refractivity contribution < 1.29 is 4.79 Å². The summed E-state index contributed by atoms with van der Waals surface area (Å²) in [6.45, 7) is 6.05. The highest BCUT2D eigenvalue weighted by atomic mass is 79.9. The summed E-state index contributed by atoms with van der Waals surface area (Å²) in [4.78, 5) is 12.4. The molecule has 0 spiro atoms. The number of halogens is 3. The predicted octanol–water partition coefficient (Wildman–Crippen LogP) is 5.29. The topological polar surface area (TPSA) is 29.1 Å². The van der Waals surface area contributed by atoms with Crippen molar-refractivity contribution in [1.82, 2.24) is 0 Å². The van der Waals surface area contributed by atoms with Gasteiger partial charge in [0.05, 0.1) is 5.92 Å². The Labute approximate surface area is 137 Å². The van der Waals surface area contributed by atoms with Crippen molar-refractivity contribution >= 4 is 50.7 Å². The molecule has 0 aliphatic heterocycles. The van der Waals surface area contributed by atoms with Crippen LogP contribution in [0.4, 0.5) is 5.69 Å². The summed E-state index contributed by atoms with van der Waals surface area (Å²) in [5, 5.41) is 2.98. The Kier molecular flexibility index (Phi) is 4.53. The first-order valence-electron chi connectivity index (χ1n) is 6.33. The number of anilines is 1. The predicted molar refractivity (Wildman–Crippen MR) is 88.1 cm³/mol. The maximum Gasteiger partial charge on any atom is 0.228 e. The molecule has 0 saturated heterocycles. The van der Waals surface area contributed by atoms with Gasteiger partial charge in [-0.15, -0.1) is 0 Å². The minimum atomic E-state index is -0.109. The van der Waals surface area contributed by atoms with Gasteiger partial charge in [0, 0.05) is 10.2 Å². The molecule has 108 valence electrons. The second kappa shape index (κ2) is 5.70. The molecule has 1 aliphatic carbocycles. The fourth-order valence-electron chi connectivity index (χ4n) is 2.60. The van der Waals surface area contributed by atoms with Gasteiger partial charge in [0.1, 0.15) is 4.49 Å². The number of benzene rings is 1. The molecule has 1 aliphatic rings. The molecule has 0 bridgehead atoms. The zero-order chi connectivity index (χ0) is 15.1. The standard InChI is InChI=1S/C15H16BrCl2NO/c1-8-6-9(16)4-5-11(8)19-14(20)13-10(7-12(17)18)15(13,2)3/h4-7,10,13H,1-3H3,(H,19,20)/t10-,13+/m1/s1. The largest absolute Gasteiger partial charge is 0.326 e. The molecular weight excluding hydrogens is 361 g/mol. The average molecular weight is 377 g/mol. The number of hydrogen-bond donors (Lipinski definition) is 1. The Hall–Kier alpha value is -0.510. The maximum atomic E-state index is 12.4. The third-order valence-electron chi connectivity index (χ3n) is 3.95. The van der Waals surface area contributed by atoms with Crippen LogP contribution in [0.1, 0.15) is 19.4 Å². The molecule has 1 fully saturated rings. The number of rotatable bonds is 3. The van der Waals surface area contributed by atoms with Crippen LogP contribution in [0.5, 0.6) is 0 Å². The van der Waals surface area contributed by atoms with E-state index in [0.29, 0.717) is 0 Å². The van der Waals surface area contributed by atoms with E-state index in [-0.39, 0.29) is 27.6 Å². The van der Waals surface area contributed by atoms with Crippen molar-refractivity contribution in [3.8, 4) is 0 Å². The van der Waals surface area contributed by atoms with Gasteiger partial charge in [0.2, 0.25) is 5.91 Å². The van der Waals surface area contributed by atoms with Crippen LogP contribution in [-0.2, 0) is 4.79 Å². The van der Waals surface area contributed by atoms with Gasteiger partial charge >= 0.3 is 0 Å². The number of carbonyl (C=O) groups is 1. The van der Waals surface area contributed by atoms with E-state index >= 15 is 0 Å². The van der Waals surface area contributed by atoms with Crippen LogP contribution in [0.15, 0.2) is 33.2 Å². The van der Waals surface area contributed by atoms with E-state index in [0.717, 1.165) is 15.7 Å². The van der Waals surface area contributed by atoms with Gasteiger partial charge in [-0.2, -0.15) is 0 Å². The first-order chi connectivity index (χ1) is 9.23. The van der Waals surface area contributed by atoms with Crippen LogP contribution in [0, 0.1) is 24.2 Å². The van der Waals surface area contributed by atoms with E-state index in [2.05, 4.69) is 21.2 Å². The SMILES string of the molecule is Cc1cc(Br)ccc1NC(=O)[C@@H]1[C@@H](C=C(Cl)Cl)C1(C)C. The quantitative estimate of drug-likeness (QED) is 0.763. The molecule has 1 N–H and O–H groups in total. The molecular formula is C15H16BrCl2NO. The second-order valence-corrected chi connectivity index (χ2v) is 7.65. The minimum absolute atomic E-state index is 0.0104. The number of carbonyl (C=O) groups excluding carboxylic acids is 1. The van der Waals surface area contributed by atoms with E-state index < -0.39 is 0 Å². The summed E-state index contributed by atoms with van der Waals surface area (Å²) in [6.07, 6.45) is 1.75. The monoisotopic (exact) mass is 375 g/mol. The van der Waals surface area contributed by atoms with Crippen LogP contribution in [0.3, 0.4) is 0 Å². The molecule has 0 radical (unpaired) electrons. The Morgan fingerprint density at radius 1 is 1.40 bits per heavy atom. The highest BCUT2D eigenvalue weighted by molar-refractivity contribution is 9.10. The van der Waals surface area contributed by atoms with Gasteiger partial charge in [0.25, 0.3) is 0 Å². The minimum Gasteiger partial charge on any atom is -0.326 e. The number of amides is 1. The second-order valence-electron chi connectivity index (χ2n) is 5.73. The van der Waals surface area contributed by atoms with Crippen LogP contribution in [0.2, 0.25) is 0 Å². The normalized spacial score (nSPS) is 23.1. The molecule has 1 aromatic carbocycles. The Morgan fingerprint density at radius 3 is 2.60 bits per heavy atom. The van der Waals surface area contributed by atoms with Crippen LogP contribution < -0.4 is 5.32 Å². The third kappa shape index (κ3) is 3.21. The van der Waals surface area contributed by atoms with Gasteiger partial charge in [-0.1, -0.05) is 53.0 Å². The lowest BCUT2D eigenvalue weighted by molar-refractivity contribution is -0.118. The lowest BCUT2D eigenvalue weighted by atomic mass is 10.1. The zero-order valence-corrected chi connectivity index (χ0v) is 14.6. The van der Waals surface area contributed by atoms with E-state index in [4.69, 9.17) is 23.2 Å². The lowest BCUT2D eigenvalue weighted by Gasteiger charge is -2.09. The average Bonchev–Trinajstić information content (AvgIpc) is 2.83. The fourth-order valence-corrected chi connectivity index (χ4v) is 3.35. The highest BCUT2D eigenvalue weighted by Gasteiger charge is 2.60. The molecule has 1 aromatic rings. The summed E-state index contributed by atoms with van der Waals surface area (Å²) in [5.74, 6) is -0.00226. The van der Waals surface area contributed by atoms with Crippen molar-refractivity contribution in [3.63, 3.8) is 0 Å². The molecule has 2 atom stereocenters. The molecule has 1 saturated carbocycles. The third-order valence-corrected chi connectivity index (χ3v) is 4.69. The van der Waals surface area contributed by atoms with Crippen molar-refractivity contribution in [2.75, 3.05) is 5.32 Å². The first kappa shape index (κ1) is 15.9. The Bertz CT molecular complexity index is 579. The molecule has 2 rings (SSSR count). The fraction of sp³-hybridized carbons (Fsp3) is 0.400. The van der Waals surface area contributed by atoms with Gasteiger partial charge < -0.3 is 5.32 Å². The molecule has 5 heteroatoms. The molecule has 20 heavy (non-hydrogen) atoms. The molecule has 0 heterocycles. The smallest absolute Gasteiger partial charge is 0.228 e. The van der Waals surface area contributed by atoms with E-state index in [1.54, 1.807) is 6.08 Å². The molecule has 0 aromatic heterocycles. The summed E-state index contributed by atoms with van der Waals surface area (Å²) in [7, 11) is 0. The Balaban J connectivity index is 2.12. The summed E-state index contributed by atoms with van der Waals surface area (Å²) in [6, 6.07) is 5.78. The number of allylic oxidation sites excluding steroid dienone is 1. The maximum absolute atomic E-state index is 12.4. The van der Waals surface area contributed by atoms with Crippen LogP contribution in [0.25, 0.3) is 0 Å². The zero-order valence-electron chi connectivity index (χ0n) is 11.5. The van der Waals surface area contributed by atoms with Crippen LogP contribution in [-0.4, -0.2) is 5.91 Å². The van der Waals surface area contributed by atoms with Gasteiger partial charge in [0.15, 0.2) is 0 Å². The summed E-state index contributed by atoms with van der Waals surface area (Å²) >= 11 is 14.8. The number of aryl methyl sites for hydroxylation is 1. The first-order valence-corrected chi connectivity index (χ1v) is 7.88. The summed E-state index contributed by atoms with van der Waals surface area (Å²) in [5.41, 5.74) is 1.75. The van der Waals surface area contributed by atoms with Crippen molar-refractivity contribution in [2.24, 2.45) is 17.3 Å². The van der Waals surface area contributed by atoms with Gasteiger partial charge in [-0.3, -0.25) is 4.79 Å². The van der Waals surface area contributed by atoms with Gasteiger partial charge in [-0.25, -0.2) is 0 Å². The molecule has 0 unspecified atom stereocenters.